The van der Waals surface area contributed by atoms with E-state index in [1.54, 1.807) is 0 Å². The number of hydrogen-bond donors (Lipinski definition) is 0. The first-order valence-electron chi connectivity index (χ1n) is 3.49. The van der Waals surface area contributed by atoms with Crippen molar-refractivity contribution in [2.75, 3.05) is 0 Å². The van der Waals surface area contributed by atoms with Gasteiger partial charge in [0.1, 0.15) is 0 Å². The molecule has 11 heavy (non-hydrogen) atoms. The molecule has 0 saturated heterocycles. The zero-order valence-corrected chi connectivity index (χ0v) is 9.64. The molecule has 3 heteroatoms. The van der Waals surface area contributed by atoms with E-state index in [0.717, 1.165) is 0 Å². The van der Waals surface area contributed by atoms with Crippen molar-refractivity contribution < 1.29 is 21.1 Å². The molecule has 1 aromatic rings. The van der Waals surface area contributed by atoms with Gasteiger partial charge in [-0.05, 0) is 11.0 Å². The van der Waals surface area contributed by atoms with Gasteiger partial charge >= 0.3 is 0 Å². The van der Waals surface area contributed by atoms with E-state index in [1.165, 1.54) is 5.56 Å². The molecule has 0 aromatic carbocycles. The average Bonchev–Trinajstić information content (AvgIpc) is 2.11. The van der Waals surface area contributed by atoms with Crippen molar-refractivity contribution in [2.24, 2.45) is 7.05 Å². The summed E-state index contributed by atoms with van der Waals surface area (Å²) in [6.07, 6.45) is 3.97. The van der Waals surface area contributed by atoms with Gasteiger partial charge in [-0.25, -0.2) is 0 Å². The molecule has 0 fully saturated rings. The van der Waals surface area contributed by atoms with Crippen LogP contribution in [0.1, 0.15) is 26.3 Å². The van der Waals surface area contributed by atoms with Gasteiger partial charge in [-0.15, -0.1) is 0 Å². The van der Waals surface area contributed by atoms with Gasteiger partial charge in [-0.1, -0.05) is 20.8 Å². The second-order valence-corrected chi connectivity index (χ2v) is 3.65. The summed E-state index contributed by atoms with van der Waals surface area (Å²) in [6, 6.07) is 0. The van der Waals surface area contributed by atoms with Gasteiger partial charge in [0.05, 0.1) is 6.20 Å². The topological polar surface area (TPSA) is 17.8 Å². The minimum atomic E-state index is 0. The first-order chi connectivity index (χ1) is 4.50. The number of hydrogen-bond acceptors (Lipinski definition) is 1. The van der Waals surface area contributed by atoms with E-state index in [4.69, 9.17) is 0 Å². The van der Waals surface area contributed by atoms with Gasteiger partial charge in [-0.2, -0.15) is 5.10 Å². The van der Waals surface area contributed by atoms with Crippen molar-refractivity contribution in [3.05, 3.63) is 18.0 Å². The Balaban J connectivity index is 0.000001000. The summed E-state index contributed by atoms with van der Waals surface area (Å²) in [5.74, 6) is 0. The largest absolute Gasteiger partial charge is 0.276 e. The minimum Gasteiger partial charge on any atom is -0.276 e. The van der Waals surface area contributed by atoms with Gasteiger partial charge in [0.2, 0.25) is 0 Å². The number of nitrogens with zero attached hydrogens (tertiary/aromatic N) is 2. The average molecular weight is 333 g/mol. The van der Waals surface area contributed by atoms with Gasteiger partial charge in [0, 0.05) is 34.3 Å². The molecule has 0 aliphatic carbocycles. The number of aryl methyl sites for hydroxylation is 1. The summed E-state index contributed by atoms with van der Waals surface area (Å²) in [5, 5.41) is 4.10. The zero-order chi connectivity index (χ0) is 7.78. The molecule has 0 aliphatic rings. The van der Waals surface area contributed by atoms with Crippen LogP contribution in [0.5, 0.6) is 0 Å². The Hall–Kier alpha value is -0.102. The van der Waals surface area contributed by atoms with Crippen molar-refractivity contribution >= 4 is 0 Å². The van der Waals surface area contributed by atoms with E-state index < -0.39 is 0 Å². The predicted octanol–water partition coefficient (Wildman–Crippen LogP) is 1.72. The summed E-state index contributed by atoms with van der Waals surface area (Å²) in [6.45, 7) is 6.55. The van der Waals surface area contributed by atoms with E-state index >= 15 is 0 Å². The standard InChI is InChI=1S/C8H14N2.Pt/c1-8(2,3)7-5-9-10(4)6-7;/h5-6H,1-4H3;. The maximum absolute atomic E-state index is 4.10. The summed E-state index contributed by atoms with van der Waals surface area (Å²) in [4.78, 5) is 0. The Kier molecular flexibility index (Phi) is 3.50. The van der Waals surface area contributed by atoms with Crippen molar-refractivity contribution in [1.82, 2.24) is 9.78 Å². The van der Waals surface area contributed by atoms with Crippen LogP contribution in [-0.4, -0.2) is 9.78 Å². The van der Waals surface area contributed by atoms with Crippen LogP contribution in [0.25, 0.3) is 0 Å². The maximum Gasteiger partial charge on any atom is 0.0526 e. The third-order valence-electron chi connectivity index (χ3n) is 1.57. The smallest absolute Gasteiger partial charge is 0.0526 e. The SMILES string of the molecule is Cn1cc(C(C)(C)C)cn1.[Pt]. The molecular weight excluding hydrogens is 319 g/mol. The monoisotopic (exact) mass is 333 g/mol. The van der Waals surface area contributed by atoms with Crippen molar-refractivity contribution in [3.8, 4) is 0 Å². The Morgan fingerprint density at radius 2 is 1.91 bits per heavy atom. The molecule has 66 valence electrons. The summed E-state index contributed by atoms with van der Waals surface area (Å²) < 4.78 is 1.83. The van der Waals surface area contributed by atoms with Crippen molar-refractivity contribution in [2.45, 2.75) is 26.2 Å². The third-order valence-corrected chi connectivity index (χ3v) is 1.57. The second kappa shape index (κ2) is 3.53. The van der Waals surface area contributed by atoms with E-state index in [1.807, 2.05) is 17.9 Å². The number of aromatic nitrogens is 2. The fourth-order valence-corrected chi connectivity index (χ4v) is 0.809. The molecule has 0 unspecified atom stereocenters. The molecular formula is C8H14N2Pt. The Bertz CT molecular complexity index is 222. The van der Waals surface area contributed by atoms with Gasteiger partial charge in [-0.3, -0.25) is 4.68 Å². The molecule has 0 radical (unpaired) electrons. The molecule has 0 spiro atoms. The Labute approximate surface area is 82.3 Å². The van der Waals surface area contributed by atoms with Gasteiger partial charge in [0.15, 0.2) is 0 Å². The summed E-state index contributed by atoms with van der Waals surface area (Å²) in [7, 11) is 1.94. The van der Waals surface area contributed by atoms with Crippen LogP contribution >= 0.6 is 0 Å². The fraction of sp³-hybridized carbons (Fsp3) is 0.625. The normalized spacial score (nSPS) is 10.9. The summed E-state index contributed by atoms with van der Waals surface area (Å²) in [5.41, 5.74) is 1.52. The van der Waals surface area contributed by atoms with E-state index in [-0.39, 0.29) is 26.5 Å². The minimum absolute atomic E-state index is 0. The molecule has 0 N–H and O–H groups in total. The molecule has 0 atom stereocenters. The fourth-order valence-electron chi connectivity index (χ4n) is 0.809. The van der Waals surface area contributed by atoms with E-state index in [2.05, 4.69) is 32.1 Å². The Morgan fingerprint density at radius 1 is 1.36 bits per heavy atom. The zero-order valence-electron chi connectivity index (χ0n) is 7.37. The van der Waals surface area contributed by atoms with Gasteiger partial charge in [0.25, 0.3) is 0 Å². The number of rotatable bonds is 0. The van der Waals surface area contributed by atoms with Crippen LogP contribution in [0.3, 0.4) is 0 Å². The quantitative estimate of drug-likeness (QED) is 0.707. The van der Waals surface area contributed by atoms with Crippen LogP contribution in [0.4, 0.5) is 0 Å². The molecule has 0 amide bonds. The first kappa shape index (κ1) is 10.9. The Morgan fingerprint density at radius 3 is 2.09 bits per heavy atom. The first-order valence-corrected chi connectivity index (χ1v) is 3.49. The summed E-state index contributed by atoms with van der Waals surface area (Å²) >= 11 is 0. The molecule has 2 nitrogen and oxygen atoms in total. The van der Waals surface area contributed by atoms with Crippen molar-refractivity contribution in [1.29, 1.82) is 0 Å². The predicted molar refractivity (Wildman–Crippen MR) is 41.9 cm³/mol. The molecule has 0 bridgehead atoms. The molecule has 1 heterocycles. The molecule has 0 aliphatic heterocycles. The van der Waals surface area contributed by atoms with E-state index in [0.29, 0.717) is 0 Å². The van der Waals surface area contributed by atoms with Crippen LogP contribution in [0.2, 0.25) is 0 Å². The second-order valence-electron chi connectivity index (χ2n) is 3.65. The van der Waals surface area contributed by atoms with Gasteiger partial charge < -0.3 is 0 Å². The molecule has 1 aromatic heterocycles. The maximum atomic E-state index is 4.10. The van der Waals surface area contributed by atoms with E-state index in [9.17, 15) is 0 Å². The molecule has 0 saturated carbocycles. The van der Waals surface area contributed by atoms with Crippen molar-refractivity contribution in [3.63, 3.8) is 0 Å². The van der Waals surface area contributed by atoms with Crippen LogP contribution in [0, 0.1) is 0 Å². The molecule has 1 rings (SSSR count). The van der Waals surface area contributed by atoms with Crippen LogP contribution in [0.15, 0.2) is 12.4 Å². The van der Waals surface area contributed by atoms with Crippen LogP contribution in [-0.2, 0) is 33.5 Å². The third kappa shape index (κ3) is 2.78. The van der Waals surface area contributed by atoms with Crippen LogP contribution < -0.4 is 0 Å².